The minimum absolute atomic E-state index is 0.833. The van der Waals surface area contributed by atoms with Crippen LogP contribution in [0.25, 0.3) is 0 Å². The monoisotopic (exact) mass is 288 g/mol. The number of carboxylic acid groups (broad SMARTS) is 1. The molecule has 0 atom stereocenters. The highest BCUT2D eigenvalue weighted by atomic mass is 16.4. The van der Waals surface area contributed by atoms with Crippen LogP contribution in [-0.2, 0) is 4.79 Å². The van der Waals surface area contributed by atoms with Crippen molar-refractivity contribution in [2.75, 3.05) is 0 Å². The fourth-order valence-corrected chi connectivity index (χ4v) is 1.71. The zero-order chi connectivity index (χ0) is 16.1. The summed E-state index contributed by atoms with van der Waals surface area (Å²) in [5.74, 6) is -0.833. The van der Waals surface area contributed by atoms with Crippen LogP contribution in [0.1, 0.15) is 112 Å². The van der Waals surface area contributed by atoms with Crippen molar-refractivity contribution in [1.29, 1.82) is 0 Å². The molecule has 0 bridgehead atoms. The second-order valence-corrected chi connectivity index (χ2v) is 5.35. The molecule has 0 aromatic heterocycles. The van der Waals surface area contributed by atoms with Gasteiger partial charge in [0.2, 0.25) is 0 Å². The molecule has 0 spiro atoms. The van der Waals surface area contributed by atoms with Crippen molar-refractivity contribution in [3.63, 3.8) is 0 Å². The maximum Gasteiger partial charge on any atom is 0.300 e. The Balaban J connectivity index is -0.000000230. The SMILES string of the molecule is CC(=O)O.CCCCCCCC.CCCCCCCC. The standard InChI is InChI=1S/2C8H18.C2H4O2/c2*1-3-5-7-8-6-4-2;1-2(3)4/h2*3-8H2,1-2H3;1H3,(H,3,4). The lowest BCUT2D eigenvalue weighted by atomic mass is 10.1. The lowest BCUT2D eigenvalue weighted by Gasteiger charge is -1.93. The summed E-state index contributed by atoms with van der Waals surface area (Å²) in [6.07, 6.45) is 17.0. The summed E-state index contributed by atoms with van der Waals surface area (Å²) in [5, 5.41) is 7.42. The van der Waals surface area contributed by atoms with Gasteiger partial charge >= 0.3 is 0 Å². The Morgan fingerprint density at radius 1 is 0.600 bits per heavy atom. The van der Waals surface area contributed by atoms with Crippen molar-refractivity contribution in [3.8, 4) is 0 Å². The molecule has 1 N–H and O–H groups in total. The first kappa shape index (κ1) is 24.5. The van der Waals surface area contributed by atoms with Gasteiger partial charge in [0, 0.05) is 6.92 Å². The van der Waals surface area contributed by atoms with Crippen molar-refractivity contribution in [1.82, 2.24) is 0 Å². The molecule has 0 fully saturated rings. The lowest BCUT2D eigenvalue weighted by Crippen LogP contribution is -1.78. The Morgan fingerprint density at radius 2 is 0.750 bits per heavy atom. The molecule has 0 aliphatic heterocycles. The van der Waals surface area contributed by atoms with Crippen LogP contribution < -0.4 is 0 Å². The van der Waals surface area contributed by atoms with Gasteiger partial charge in [0.05, 0.1) is 0 Å². The maximum atomic E-state index is 9.00. The molecule has 2 nitrogen and oxygen atoms in total. The van der Waals surface area contributed by atoms with E-state index in [-0.39, 0.29) is 0 Å². The van der Waals surface area contributed by atoms with E-state index in [2.05, 4.69) is 27.7 Å². The third-order valence-corrected chi connectivity index (χ3v) is 2.91. The van der Waals surface area contributed by atoms with E-state index in [1.807, 2.05) is 0 Å². The molecule has 0 aliphatic carbocycles. The third-order valence-electron chi connectivity index (χ3n) is 2.91. The Bertz CT molecular complexity index is 127. The average Bonchev–Trinajstić information content (AvgIpc) is 2.40. The first-order chi connectivity index (χ1) is 9.56. The van der Waals surface area contributed by atoms with Crippen LogP contribution >= 0.6 is 0 Å². The van der Waals surface area contributed by atoms with Crippen molar-refractivity contribution in [3.05, 3.63) is 0 Å². The molecular weight excluding hydrogens is 248 g/mol. The minimum Gasteiger partial charge on any atom is -0.481 e. The minimum atomic E-state index is -0.833. The third kappa shape index (κ3) is 52.8. The maximum absolute atomic E-state index is 9.00. The van der Waals surface area contributed by atoms with Gasteiger partial charge in [-0.3, -0.25) is 4.79 Å². The summed E-state index contributed by atoms with van der Waals surface area (Å²) < 4.78 is 0. The molecule has 2 heteroatoms. The van der Waals surface area contributed by atoms with Crippen LogP contribution in [0.5, 0.6) is 0 Å². The summed E-state index contributed by atoms with van der Waals surface area (Å²) in [5.41, 5.74) is 0. The summed E-state index contributed by atoms with van der Waals surface area (Å²) in [7, 11) is 0. The fraction of sp³-hybridized carbons (Fsp3) is 0.944. The number of rotatable bonds is 10. The van der Waals surface area contributed by atoms with Crippen molar-refractivity contribution >= 4 is 5.97 Å². The molecule has 0 unspecified atom stereocenters. The molecule has 0 aliphatic rings. The van der Waals surface area contributed by atoms with E-state index in [1.165, 1.54) is 77.0 Å². The van der Waals surface area contributed by atoms with Crippen molar-refractivity contribution in [2.24, 2.45) is 0 Å². The molecule has 0 aromatic carbocycles. The van der Waals surface area contributed by atoms with Crippen LogP contribution in [0.15, 0.2) is 0 Å². The van der Waals surface area contributed by atoms with E-state index < -0.39 is 5.97 Å². The molecule has 124 valence electrons. The van der Waals surface area contributed by atoms with Crippen LogP contribution in [0, 0.1) is 0 Å². The Labute approximate surface area is 128 Å². The summed E-state index contributed by atoms with van der Waals surface area (Å²) in [6.45, 7) is 10.1. The van der Waals surface area contributed by atoms with E-state index in [1.54, 1.807) is 0 Å². The Morgan fingerprint density at radius 3 is 0.850 bits per heavy atom. The second kappa shape index (κ2) is 26.9. The summed E-state index contributed by atoms with van der Waals surface area (Å²) in [4.78, 5) is 9.00. The van der Waals surface area contributed by atoms with Crippen LogP contribution in [-0.4, -0.2) is 11.1 Å². The van der Waals surface area contributed by atoms with E-state index in [9.17, 15) is 0 Å². The predicted octanol–water partition coefficient (Wildman–Crippen LogP) is 6.82. The number of aliphatic carboxylic acids is 1. The number of hydrogen-bond donors (Lipinski definition) is 1. The molecule has 0 saturated heterocycles. The Hall–Kier alpha value is -0.530. The molecule has 0 rings (SSSR count). The number of carboxylic acids is 1. The molecule has 0 heterocycles. The Kier molecular flexibility index (Phi) is 33.0. The predicted molar refractivity (Wildman–Crippen MR) is 91.4 cm³/mol. The molecule has 0 aromatic rings. The van der Waals surface area contributed by atoms with Gasteiger partial charge in [0.15, 0.2) is 0 Å². The second-order valence-electron chi connectivity index (χ2n) is 5.35. The van der Waals surface area contributed by atoms with Gasteiger partial charge in [-0.2, -0.15) is 0 Å². The molecule has 0 radical (unpaired) electrons. The van der Waals surface area contributed by atoms with E-state index in [0.29, 0.717) is 0 Å². The van der Waals surface area contributed by atoms with Crippen molar-refractivity contribution < 1.29 is 9.90 Å². The largest absolute Gasteiger partial charge is 0.481 e. The van der Waals surface area contributed by atoms with Crippen LogP contribution in [0.3, 0.4) is 0 Å². The van der Waals surface area contributed by atoms with Gasteiger partial charge in [-0.1, -0.05) is 105 Å². The topological polar surface area (TPSA) is 37.3 Å². The van der Waals surface area contributed by atoms with E-state index in [4.69, 9.17) is 9.90 Å². The van der Waals surface area contributed by atoms with Crippen molar-refractivity contribution in [2.45, 2.75) is 112 Å². The van der Waals surface area contributed by atoms with E-state index >= 15 is 0 Å². The highest BCUT2D eigenvalue weighted by molar-refractivity contribution is 5.62. The van der Waals surface area contributed by atoms with Gasteiger partial charge < -0.3 is 5.11 Å². The van der Waals surface area contributed by atoms with Gasteiger partial charge in [0.1, 0.15) is 0 Å². The summed E-state index contributed by atoms with van der Waals surface area (Å²) >= 11 is 0. The van der Waals surface area contributed by atoms with Crippen LogP contribution in [0.2, 0.25) is 0 Å². The smallest absolute Gasteiger partial charge is 0.300 e. The normalized spacial score (nSPS) is 9.05. The highest BCUT2D eigenvalue weighted by Crippen LogP contribution is 2.04. The highest BCUT2D eigenvalue weighted by Gasteiger charge is 1.84. The summed E-state index contributed by atoms with van der Waals surface area (Å²) in [6, 6.07) is 0. The molecular formula is C18H40O2. The molecule has 0 amide bonds. The zero-order valence-corrected chi connectivity index (χ0v) is 14.8. The number of unbranched alkanes of at least 4 members (excludes halogenated alkanes) is 10. The number of carbonyl (C=O) groups is 1. The molecule has 0 saturated carbocycles. The quantitative estimate of drug-likeness (QED) is 0.447. The fourth-order valence-electron chi connectivity index (χ4n) is 1.71. The van der Waals surface area contributed by atoms with E-state index in [0.717, 1.165) is 6.92 Å². The zero-order valence-electron chi connectivity index (χ0n) is 14.8. The first-order valence-corrected chi connectivity index (χ1v) is 8.76. The van der Waals surface area contributed by atoms with Gasteiger partial charge in [0.25, 0.3) is 5.97 Å². The molecule has 20 heavy (non-hydrogen) atoms. The van der Waals surface area contributed by atoms with Gasteiger partial charge in [-0.25, -0.2) is 0 Å². The van der Waals surface area contributed by atoms with Crippen LogP contribution in [0.4, 0.5) is 0 Å². The number of hydrogen-bond acceptors (Lipinski definition) is 1. The van der Waals surface area contributed by atoms with Gasteiger partial charge in [-0.15, -0.1) is 0 Å². The van der Waals surface area contributed by atoms with Gasteiger partial charge in [-0.05, 0) is 0 Å². The lowest BCUT2D eigenvalue weighted by molar-refractivity contribution is -0.134. The average molecular weight is 289 g/mol. The first-order valence-electron chi connectivity index (χ1n) is 8.76.